The molecule has 0 saturated carbocycles. The highest BCUT2D eigenvalue weighted by Gasteiger charge is 2.52. The summed E-state index contributed by atoms with van der Waals surface area (Å²) in [6.45, 7) is 12.2. The van der Waals surface area contributed by atoms with Gasteiger partial charge in [-0.1, -0.05) is 0 Å². The van der Waals surface area contributed by atoms with Crippen LogP contribution in [-0.2, 0) is 16.0 Å². The van der Waals surface area contributed by atoms with Gasteiger partial charge in [-0.3, -0.25) is 4.90 Å². The van der Waals surface area contributed by atoms with E-state index in [1.165, 1.54) is 7.11 Å². The number of carbonyl (C=O) groups is 3. The standard InChI is InChI=1S/C25H36N4O6/c1-6-26-23(31)27-20-10-17-14-29-8-7-28(24(32)35-25(2,3)4)12-18(29)9-16(13-29)15-34-21(17)11-19(20)22(30)33-5/h10-11,16,18H,6-9,12-15H2,1-5H3,(H-,26,27,30,31)/p+1/t16?,18-,29?/m1/s1. The molecule has 3 atom stereocenters. The summed E-state index contributed by atoms with van der Waals surface area (Å²) in [5, 5.41) is 5.48. The second kappa shape index (κ2) is 9.56. The monoisotopic (exact) mass is 489 g/mol. The van der Waals surface area contributed by atoms with Crippen LogP contribution in [0.1, 0.15) is 50.0 Å². The number of urea groups is 1. The first-order valence-corrected chi connectivity index (χ1v) is 12.3. The maximum atomic E-state index is 12.7. The van der Waals surface area contributed by atoms with E-state index >= 15 is 0 Å². The predicted molar refractivity (Wildman–Crippen MR) is 129 cm³/mol. The van der Waals surface area contributed by atoms with Gasteiger partial charge < -0.3 is 29.3 Å². The lowest BCUT2D eigenvalue weighted by molar-refractivity contribution is -0.956. The van der Waals surface area contributed by atoms with Gasteiger partial charge in [-0.25, -0.2) is 14.4 Å². The Morgan fingerprint density at radius 1 is 1.26 bits per heavy atom. The summed E-state index contributed by atoms with van der Waals surface area (Å²) in [5.41, 5.74) is 1.05. The van der Waals surface area contributed by atoms with Gasteiger partial charge in [0.25, 0.3) is 0 Å². The van der Waals surface area contributed by atoms with E-state index in [0.29, 0.717) is 50.1 Å². The number of rotatable bonds is 3. The number of methoxy groups -OCH3 is 1. The summed E-state index contributed by atoms with van der Waals surface area (Å²) >= 11 is 0. The molecule has 3 aliphatic rings. The number of amides is 3. The average molecular weight is 490 g/mol. The SMILES string of the molecule is CCNC(=O)Nc1cc2c(cc1C(=O)OC)OCC1C[C@@H]3CN(C(=O)OC(C)(C)C)CC[N+]3(C2)C1. The number of nitrogens with zero attached hydrogens (tertiary/aromatic N) is 2. The minimum absolute atomic E-state index is 0.256. The van der Waals surface area contributed by atoms with E-state index in [1.54, 1.807) is 6.07 Å². The van der Waals surface area contributed by atoms with Gasteiger partial charge in [0, 0.05) is 18.9 Å². The number of esters is 1. The van der Waals surface area contributed by atoms with Gasteiger partial charge in [0.05, 0.1) is 56.7 Å². The van der Waals surface area contributed by atoms with Crippen molar-refractivity contribution in [1.29, 1.82) is 0 Å². The number of ether oxygens (including phenoxy) is 3. The van der Waals surface area contributed by atoms with Crippen LogP contribution in [0.15, 0.2) is 12.1 Å². The zero-order valence-electron chi connectivity index (χ0n) is 21.3. The first-order chi connectivity index (χ1) is 16.5. The molecular weight excluding hydrogens is 452 g/mol. The number of carbonyl (C=O) groups excluding carboxylic acids is 3. The van der Waals surface area contributed by atoms with Gasteiger partial charge in [0.15, 0.2) is 0 Å². The second-order valence-corrected chi connectivity index (χ2v) is 10.8. The number of fused-ring (bicyclic) bond motifs is 2. The summed E-state index contributed by atoms with van der Waals surface area (Å²) in [4.78, 5) is 39.3. The van der Waals surface area contributed by atoms with E-state index in [0.717, 1.165) is 29.6 Å². The molecule has 0 radical (unpaired) electrons. The van der Waals surface area contributed by atoms with Crippen molar-refractivity contribution < 1.29 is 33.1 Å². The molecule has 1 aromatic rings. The molecule has 10 nitrogen and oxygen atoms in total. The molecule has 1 spiro atoms. The van der Waals surface area contributed by atoms with Crippen molar-refractivity contribution in [2.75, 3.05) is 51.8 Å². The van der Waals surface area contributed by atoms with Crippen LogP contribution in [0.3, 0.4) is 0 Å². The zero-order valence-corrected chi connectivity index (χ0v) is 21.3. The fourth-order valence-corrected chi connectivity index (χ4v) is 5.56. The van der Waals surface area contributed by atoms with Crippen molar-refractivity contribution in [2.24, 2.45) is 5.92 Å². The molecule has 2 bridgehead atoms. The van der Waals surface area contributed by atoms with Gasteiger partial charge in [0.1, 0.15) is 23.9 Å². The Balaban J connectivity index is 1.62. The number of hydrogen-bond donors (Lipinski definition) is 2. The average Bonchev–Trinajstić information content (AvgIpc) is 3.15. The number of nitrogens with one attached hydrogen (secondary N) is 2. The second-order valence-electron chi connectivity index (χ2n) is 10.8. The lowest BCUT2D eigenvalue weighted by Gasteiger charge is -2.47. The van der Waals surface area contributed by atoms with Gasteiger partial charge in [0.2, 0.25) is 0 Å². The maximum Gasteiger partial charge on any atom is 0.410 e. The number of anilines is 1. The summed E-state index contributed by atoms with van der Waals surface area (Å²) in [5.74, 6) is 0.468. The van der Waals surface area contributed by atoms with E-state index < -0.39 is 11.6 Å². The van der Waals surface area contributed by atoms with E-state index in [1.807, 2.05) is 38.7 Å². The quantitative estimate of drug-likeness (QED) is 0.500. The van der Waals surface area contributed by atoms with Crippen LogP contribution in [0.2, 0.25) is 0 Å². The van der Waals surface area contributed by atoms with E-state index in [4.69, 9.17) is 14.2 Å². The van der Waals surface area contributed by atoms with Crippen molar-refractivity contribution in [2.45, 2.75) is 52.3 Å². The highest BCUT2D eigenvalue weighted by Crippen LogP contribution is 2.42. The minimum Gasteiger partial charge on any atom is -0.493 e. The number of hydrogen-bond acceptors (Lipinski definition) is 6. The van der Waals surface area contributed by atoms with Crippen LogP contribution in [0.5, 0.6) is 5.75 Å². The third-order valence-electron chi connectivity index (χ3n) is 7.05. The van der Waals surface area contributed by atoms with Crippen molar-refractivity contribution >= 4 is 23.8 Å². The number of quaternary nitrogens is 1. The molecule has 4 rings (SSSR count). The van der Waals surface area contributed by atoms with Gasteiger partial charge in [-0.05, 0) is 39.8 Å². The molecule has 0 aromatic heterocycles. The molecular formula is C25H37N4O6+. The lowest BCUT2D eigenvalue weighted by atomic mass is 10.0. The first kappa shape index (κ1) is 25.1. The van der Waals surface area contributed by atoms with Gasteiger partial charge in [-0.15, -0.1) is 0 Å². The van der Waals surface area contributed by atoms with Crippen LogP contribution in [0, 0.1) is 5.92 Å². The largest absolute Gasteiger partial charge is 0.493 e. The Morgan fingerprint density at radius 3 is 2.71 bits per heavy atom. The molecule has 10 heteroatoms. The molecule has 2 saturated heterocycles. The first-order valence-electron chi connectivity index (χ1n) is 12.3. The molecule has 2 fully saturated rings. The minimum atomic E-state index is -0.538. The van der Waals surface area contributed by atoms with Crippen LogP contribution in [0.4, 0.5) is 15.3 Å². The molecule has 35 heavy (non-hydrogen) atoms. The van der Waals surface area contributed by atoms with Gasteiger partial charge >= 0.3 is 18.1 Å². The van der Waals surface area contributed by atoms with Crippen molar-refractivity contribution in [1.82, 2.24) is 10.2 Å². The Hall–Kier alpha value is -3.01. The molecule has 2 unspecified atom stereocenters. The normalized spacial score (nSPS) is 25.2. The number of benzene rings is 1. The highest BCUT2D eigenvalue weighted by molar-refractivity contribution is 6.01. The molecule has 3 amide bonds. The highest BCUT2D eigenvalue weighted by atomic mass is 16.6. The Labute approximate surface area is 206 Å². The topological polar surface area (TPSA) is 106 Å². The molecule has 3 heterocycles. The van der Waals surface area contributed by atoms with E-state index in [9.17, 15) is 14.4 Å². The van der Waals surface area contributed by atoms with Gasteiger partial charge in [-0.2, -0.15) is 0 Å². The van der Waals surface area contributed by atoms with Crippen LogP contribution in [0.25, 0.3) is 0 Å². The molecule has 3 aliphatic heterocycles. The van der Waals surface area contributed by atoms with Crippen LogP contribution < -0.4 is 15.4 Å². The van der Waals surface area contributed by atoms with Crippen LogP contribution in [-0.4, -0.2) is 85.6 Å². The Kier molecular flexibility index (Phi) is 6.86. The zero-order chi connectivity index (χ0) is 25.4. The summed E-state index contributed by atoms with van der Waals surface area (Å²) < 4.78 is 17.6. The smallest absolute Gasteiger partial charge is 0.410 e. The van der Waals surface area contributed by atoms with E-state index in [-0.39, 0.29) is 23.7 Å². The fourth-order valence-electron chi connectivity index (χ4n) is 5.56. The summed E-state index contributed by atoms with van der Waals surface area (Å²) in [6, 6.07) is 3.40. The third-order valence-corrected chi connectivity index (χ3v) is 7.05. The summed E-state index contributed by atoms with van der Waals surface area (Å²) in [6.07, 6.45) is 0.697. The molecule has 192 valence electrons. The van der Waals surface area contributed by atoms with E-state index in [2.05, 4.69) is 10.6 Å². The van der Waals surface area contributed by atoms with Crippen LogP contribution >= 0.6 is 0 Å². The third kappa shape index (κ3) is 5.32. The Morgan fingerprint density at radius 2 is 2.03 bits per heavy atom. The van der Waals surface area contributed by atoms with Crippen molar-refractivity contribution in [3.8, 4) is 5.75 Å². The van der Waals surface area contributed by atoms with Crippen molar-refractivity contribution in [3.63, 3.8) is 0 Å². The fraction of sp³-hybridized carbons (Fsp3) is 0.640. The number of piperazine rings is 1. The Bertz CT molecular complexity index is 1010. The molecule has 0 aliphatic carbocycles. The predicted octanol–water partition coefficient (Wildman–Crippen LogP) is 2.96. The summed E-state index contributed by atoms with van der Waals surface area (Å²) in [7, 11) is 1.31. The molecule has 1 aromatic carbocycles. The maximum absolute atomic E-state index is 12.7. The lowest BCUT2D eigenvalue weighted by Crippen LogP contribution is -2.63. The molecule has 2 N–H and O–H groups in total. The van der Waals surface area contributed by atoms with Crippen molar-refractivity contribution in [3.05, 3.63) is 23.3 Å².